The Hall–Kier alpha value is -3.67. The Morgan fingerprint density at radius 2 is 1.41 bits per heavy atom. The van der Waals surface area contributed by atoms with Crippen LogP contribution in [-0.2, 0) is 19.6 Å². The highest BCUT2D eigenvalue weighted by Gasteiger charge is 2.21. The van der Waals surface area contributed by atoms with Crippen molar-refractivity contribution in [2.24, 2.45) is 0 Å². The van der Waals surface area contributed by atoms with E-state index in [9.17, 15) is 9.59 Å². The smallest absolute Gasteiger partial charge is 0.318 e. The molecule has 0 bridgehead atoms. The molecule has 4 rings (SSSR count). The lowest BCUT2D eigenvalue weighted by Crippen LogP contribution is -2.40. The third-order valence-corrected chi connectivity index (χ3v) is 5.57. The zero-order chi connectivity index (χ0) is 22.7. The molecule has 0 aliphatic rings. The number of nitrogens with zero attached hydrogens (tertiary/aromatic N) is 4. The first-order valence-electron chi connectivity index (χ1n) is 11.1. The summed E-state index contributed by atoms with van der Waals surface area (Å²) in [7, 11) is 0. The van der Waals surface area contributed by atoms with Gasteiger partial charge in [0.15, 0.2) is 11.2 Å². The fourth-order valence-electron chi connectivity index (χ4n) is 4.11. The van der Waals surface area contributed by atoms with Gasteiger partial charge in [0, 0.05) is 25.2 Å². The van der Waals surface area contributed by atoms with E-state index >= 15 is 0 Å². The molecule has 0 saturated heterocycles. The molecule has 0 aliphatic carbocycles. The molecule has 0 atom stereocenters. The summed E-state index contributed by atoms with van der Waals surface area (Å²) in [5.74, 6) is 0.708. The highest BCUT2D eigenvalue weighted by atomic mass is 16.2. The molecule has 4 aromatic rings. The summed E-state index contributed by atoms with van der Waals surface area (Å²) in [6, 6.07) is 18.4. The summed E-state index contributed by atoms with van der Waals surface area (Å²) < 4.78 is 4.83. The zero-order valence-corrected chi connectivity index (χ0v) is 18.6. The predicted molar refractivity (Wildman–Crippen MR) is 130 cm³/mol. The minimum atomic E-state index is -0.337. The third-order valence-electron chi connectivity index (χ3n) is 5.57. The van der Waals surface area contributed by atoms with E-state index in [1.807, 2.05) is 41.8 Å². The Morgan fingerprint density at radius 1 is 0.812 bits per heavy atom. The monoisotopic (exact) mass is 428 g/mol. The van der Waals surface area contributed by atoms with Gasteiger partial charge in [-0.25, -0.2) is 9.78 Å². The van der Waals surface area contributed by atoms with Gasteiger partial charge in [-0.15, -0.1) is 6.58 Å². The fraction of sp³-hybridized carbons (Fsp3) is 0.269. The fourth-order valence-corrected chi connectivity index (χ4v) is 4.11. The maximum atomic E-state index is 13.3. The van der Waals surface area contributed by atoms with Crippen LogP contribution in [0.1, 0.15) is 26.7 Å². The molecule has 32 heavy (non-hydrogen) atoms. The first-order chi connectivity index (χ1) is 15.6. The van der Waals surface area contributed by atoms with Crippen molar-refractivity contribution >= 4 is 11.2 Å². The number of fused-ring (bicyclic) bond motifs is 1. The van der Waals surface area contributed by atoms with Gasteiger partial charge in [0.25, 0.3) is 5.56 Å². The van der Waals surface area contributed by atoms with Crippen LogP contribution in [0.3, 0.4) is 0 Å². The molecule has 2 heterocycles. The van der Waals surface area contributed by atoms with Gasteiger partial charge in [-0.05, 0) is 24.0 Å². The van der Waals surface area contributed by atoms with Crippen LogP contribution in [0.5, 0.6) is 0 Å². The molecule has 6 heteroatoms. The van der Waals surface area contributed by atoms with Gasteiger partial charge in [-0.1, -0.05) is 74.5 Å². The van der Waals surface area contributed by atoms with E-state index in [0.29, 0.717) is 30.1 Å². The molecule has 0 spiro atoms. The van der Waals surface area contributed by atoms with Crippen LogP contribution < -0.4 is 11.2 Å². The number of aryl methyl sites for hydroxylation is 2. The van der Waals surface area contributed by atoms with Crippen molar-refractivity contribution in [3.63, 3.8) is 0 Å². The van der Waals surface area contributed by atoms with Gasteiger partial charge in [0.2, 0.25) is 0 Å². The average Bonchev–Trinajstić information content (AvgIpc) is 3.20. The van der Waals surface area contributed by atoms with E-state index in [1.54, 1.807) is 10.6 Å². The lowest BCUT2D eigenvalue weighted by molar-refractivity contribution is 0.591. The number of hydrogen-bond acceptors (Lipinski definition) is 3. The van der Waals surface area contributed by atoms with Gasteiger partial charge in [0.05, 0.1) is 0 Å². The molecule has 0 saturated carbocycles. The van der Waals surface area contributed by atoms with Gasteiger partial charge in [0.1, 0.15) is 5.82 Å². The highest BCUT2D eigenvalue weighted by Crippen LogP contribution is 2.26. The maximum Gasteiger partial charge on any atom is 0.333 e. The number of allylic oxidation sites excluding steroid dienone is 1. The molecule has 0 radical (unpaired) electrons. The van der Waals surface area contributed by atoms with Crippen LogP contribution in [0.2, 0.25) is 0 Å². The summed E-state index contributed by atoms with van der Waals surface area (Å²) in [5.41, 5.74) is 3.46. The standard InChI is InChI=1S/C26H28N4O2/c1-4-16-28-22-24(29(17-5-2)26(32)30(18-6-3)25(22)31)27-23(28)21-14-12-20(13-15-21)19-10-8-7-9-11-19/h6-15H,3-5,16-18H2,1-2H3. The van der Waals surface area contributed by atoms with E-state index in [0.717, 1.165) is 29.5 Å². The molecule has 0 N–H and O–H groups in total. The Balaban J connectivity index is 1.95. The minimum absolute atomic E-state index is 0.176. The van der Waals surface area contributed by atoms with Crippen LogP contribution in [-0.4, -0.2) is 18.7 Å². The Morgan fingerprint density at radius 3 is 2.03 bits per heavy atom. The van der Waals surface area contributed by atoms with Crippen molar-refractivity contribution in [1.82, 2.24) is 18.7 Å². The van der Waals surface area contributed by atoms with Crippen molar-refractivity contribution < 1.29 is 0 Å². The van der Waals surface area contributed by atoms with Crippen LogP contribution in [0.25, 0.3) is 33.7 Å². The molecular weight excluding hydrogens is 400 g/mol. The average molecular weight is 429 g/mol. The van der Waals surface area contributed by atoms with E-state index in [-0.39, 0.29) is 17.8 Å². The third kappa shape index (κ3) is 3.73. The maximum absolute atomic E-state index is 13.3. The van der Waals surface area contributed by atoms with Crippen LogP contribution in [0.15, 0.2) is 76.8 Å². The van der Waals surface area contributed by atoms with E-state index in [1.165, 1.54) is 4.57 Å². The normalized spacial score (nSPS) is 11.2. The lowest BCUT2D eigenvalue weighted by Gasteiger charge is -2.11. The highest BCUT2D eigenvalue weighted by molar-refractivity contribution is 5.78. The topological polar surface area (TPSA) is 61.8 Å². The number of imidazole rings is 1. The summed E-state index contributed by atoms with van der Waals surface area (Å²) >= 11 is 0. The van der Waals surface area contributed by atoms with Gasteiger partial charge in [-0.3, -0.25) is 13.9 Å². The van der Waals surface area contributed by atoms with Crippen LogP contribution in [0.4, 0.5) is 0 Å². The molecule has 0 amide bonds. The summed E-state index contributed by atoms with van der Waals surface area (Å²) in [6.07, 6.45) is 3.19. The molecule has 2 aromatic heterocycles. The molecule has 0 unspecified atom stereocenters. The Kier molecular flexibility index (Phi) is 6.21. The number of rotatable bonds is 8. The van der Waals surface area contributed by atoms with Crippen LogP contribution in [0, 0.1) is 0 Å². The number of benzene rings is 2. The van der Waals surface area contributed by atoms with Crippen molar-refractivity contribution in [3.05, 3.63) is 88.1 Å². The number of hydrogen-bond donors (Lipinski definition) is 0. The van der Waals surface area contributed by atoms with Crippen molar-refractivity contribution in [2.45, 2.75) is 46.3 Å². The second-order valence-corrected chi connectivity index (χ2v) is 7.84. The van der Waals surface area contributed by atoms with E-state index in [2.05, 4.69) is 37.8 Å². The predicted octanol–water partition coefficient (Wildman–Crippen LogP) is 4.70. The molecule has 0 fully saturated rings. The van der Waals surface area contributed by atoms with Crippen molar-refractivity contribution in [3.8, 4) is 22.5 Å². The largest absolute Gasteiger partial charge is 0.333 e. The molecule has 164 valence electrons. The van der Waals surface area contributed by atoms with Crippen LogP contribution >= 0.6 is 0 Å². The second-order valence-electron chi connectivity index (χ2n) is 7.84. The summed E-state index contributed by atoms with van der Waals surface area (Å²) in [5, 5.41) is 0. The number of aromatic nitrogens is 4. The van der Waals surface area contributed by atoms with E-state index in [4.69, 9.17) is 4.98 Å². The lowest BCUT2D eigenvalue weighted by atomic mass is 10.0. The Labute approximate surface area is 187 Å². The zero-order valence-electron chi connectivity index (χ0n) is 18.6. The van der Waals surface area contributed by atoms with Gasteiger partial charge in [-0.2, -0.15) is 0 Å². The second kappa shape index (κ2) is 9.22. The minimum Gasteiger partial charge on any atom is -0.318 e. The van der Waals surface area contributed by atoms with Gasteiger partial charge < -0.3 is 4.57 Å². The Bertz CT molecular complexity index is 1360. The summed E-state index contributed by atoms with van der Waals surface area (Å²) in [6.45, 7) is 9.10. The first kappa shape index (κ1) is 21.6. The molecule has 6 nitrogen and oxygen atoms in total. The quantitative estimate of drug-likeness (QED) is 0.382. The van der Waals surface area contributed by atoms with Crippen molar-refractivity contribution in [2.75, 3.05) is 0 Å². The molecular formula is C26H28N4O2. The first-order valence-corrected chi connectivity index (χ1v) is 11.1. The van der Waals surface area contributed by atoms with Gasteiger partial charge >= 0.3 is 5.69 Å². The SMILES string of the molecule is C=CCn1c(=O)c2c(nc(-c3ccc(-c4ccccc4)cc3)n2CCC)n(CCC)c1=O. The van der Waals surface area contributed by atoms with E-state index < -0.39 is 0 Å². The molecule has 2 aromatic carbocycles. The summed E-state index contributed by atoms with van der Waals surface area (Å²) in [4.78, 5) is 31.2. The molecule has 0 aliphatic heterocycles. The van der Waals surface area contributed by atoms with Crippen molar-refractivity contribution in [1.29, 1.82) is 0 Å².